The Morgan fingerprint density at radius 1 is 1.18 bits per heavy atom. The number of hydrogen-bond donors (Lipinski definition) is 2. The minimum atomic E-state index is -3.60. The lowest BCUT2D eigenvalue weighted by Gasteiger charge is -2.25. The number of rotatable bonds is 5. The fourth-order valence-electron chi connectivity index (χ4n) is 3.11. The quantitative estimate of drug-likeness (QED) is 0.711. The van der Waals surface area contributed by atoms with Crippen molar-refractivity contribution < 1.29 is 17.9 Å². The second kappa shape index (κ2) is 8.85. The summed E-state index contributed by atoms with van der Waals surface area (Å²) in [5, 5.41) is 2.71. The monoisotopic (exact) mass is 428 g/mol. The molecule has 0 saturated carbocycles. The summed E-state index contributed by atoms with van der Waals surface area (Å²) in [4.78, 5) is 12.8. The molecular weight excluding hydrogens is 404 g/mol. The largest absolute Gasteiger partial charge is 0.497 e. The molecule has 1 fully saturated rings. The number of sulfonamides is 1. The van der Waals surface area contributed by atoms with Crippen LogP contribution in [0, 0.1) is 0 Å². The molecule has 0 atom stereocenters. The van der Waals surface area contributed by atoms with Gasteiger partial charge in [-0.05, 0) is 31.0 Å². The second-order valence-electron chi connectivity index (χ2n) is 6.54. The smallest absolute Gasteiger partial charge is 0.272 e. The molecule has 1 aromatic carbocycles. The molecule has 1 aromatic heterocycles. The fraction of sp³-hybridized carbons (Fsp3) is 0.389. The van der Waals surface area contributed by atoms with Crippen LogP contribution in [0.1, 0.15) is 29.8 Å². The van der Waals surface area contributed by atoms with Crippen molar-refractivity contribution in [1.29, 1.82) is 0 Å². The number of piperidine rings is 1. The predicted molar refractivity (Wildman–Crippen MR) is 111 cm³/mol. The summed E-state index contributed by atoms with van der Waals surface area (Å²) in [6.45, 7) is 1.03. The lowest BCUT2D eigenvalue weighted by Crippen LogP contribution is -2.35. The first-order valence-corrected chi connectivity index (χ1v) is 10.2. The van der Waals surface area contributed by atoms with E-state index >= 15 is 0 Å². The molecule has 2 aromatic rings. The van der Waals surface area contributed by atoms with E-state index in [4.69, 9.17) is 10.5 Å². The number of halogens is 1. The van der Waals surface area contributed by atoms with Crippen LogP contribution in [0.3, 0.4) is 0 Å². The van der Waals surface area contributed by atoms with Crippen LogP contribution < -0.4 is 15.8 Å². The van der Waals surface area contributed by atoms with E-state index in [2.05, 4.69) is 5.32 Å². The van der Waals surface area contributed by atoms with E-state index in [-0.39, 0.29) is 23.0 Å². The molecule has 154 valence electrons. The van der Waals surface area contributed by atoms with Crippen molar-refractivity contribution >= 4 is 39.7 Å². The number of carbonyl (C=O) groups excluding carboxylic acids is 1. The number of nitrogens with two attached hydrogens (primary N) is 1. The number of aromatic nitrogens is 1. The lowest BCUT2D eigenvalue weighted by atomic mass is 10.2. The topological polar surface area (TPSA) is 107 Å². The van der Waals surface area contributed by atoms with E-state index in [0.29, 0.717) is 30.2 Å². The molecule has 0 unspecified atom stereocenters. The molecule has 10 heteroatoms. The first-order chi connectivity index (χ1) is 12.8. The number of nitrogens with one attached hydrogen (secondary N) is 1. The molecule has 28 heavy (non-hydrogen) atoms. The number of nitrogen functional groups attached to an aromatic ring is 1. The minimum Gasteiger partial charge on any atom is -0.497 e. The van der Waals surface area contributed by atoms with Gasteiger partial charge in [0.1, 0.15) is 16.3 Å². The standard InChI is InChI=1S/C18H24N4O4S.ClH/c1-21-12-14(27(24,25)22-8-4-3-5-9-22)11-17(21)18(23)20-16-10-13(26-2)6-7-15(16)19;/h6-7,10-12H,3-5,8-9,19H2,1-2H3,(H,20,23);1H. The summed E-state index contributed by atoms with van der Waals surface area (Å²) in [6, 6.07) is 6.33. The van der Waals surface area contributed by atoms with Crippen molar-refractivity contribution in [2.45, 2.75) is 24.2 Å². The van der Waals surface area contributed by atoms with Crippen molar-refractivity contribution in [3.8, 4) is 5.75 Å². The number of anilines is 2. The highest BCUT2D eigenvalue weighted by molar-refractivity contribution is 7.89. The first kappa shape index (κ1) is 22.1. The zero-order valence-corrected chi connectivity index (χ0v) is 17.5. The Morgan fingerprint density at radius 2 is 1.86 bits per heavy atom. The zero-order valence-electron chi connectivity index (χ0n) is 15.8. The molecule has 0 aliphatic carbocycles. The summed E-state index contributed by atoms with van der Waals surface area (Å²) >= 11 is 0. The molecule has 3 rings (SSSR count). The highest BCUT2D eigenvalue weighted by Gasteiger charge is 2.28. The molecule has 3 N–H and O–H groups in total. The van der Waals surface area contributed by atoms with Gasteiger partial charge < -0.3 is 20.4 Å². The number of carbonyl (C=O) groups is 1. The molecular formula is C18H25ClN4O4S. The Bertz CT molecular complexity index is 952. The van der Waals surface area contributed by atoms with Gasteiger partial charge in [0.15, 0.2) is 0 Å². The van der Waals surface area contributed by atoms with Crippen molar-refractivity contribution in [2.75, 3.05) is 31.2 Å². The zero-order chi connectivity index (χ0) is 19.6. The van der Waals surface area contributed by atoms with Gasteiger partial charge in [0.2, 0.25) is 10.0 Å². The number of benzene rings is 1. The molecule has 0 radical (unpaired) electrons. The second-order valence-corrected chi connectivity index (χ2v) is 8.48. The molecule has 0 bridgehead atoms. The highest BCUT2D eigenvalue weighted by atomic mass is 35.5. The summed E-state index contributed by atoms with van der Waals surface area (Å²) < 4.78 is 33.8. The molecule has 0 spiro atoms. The Morgan fingerprint density at radius 3 is 2.50 bits per heavy atom. The minimum absolute atomic E-state index is 0. The molecule has 1 saturated heterocycles. The van der Waals surface area contributed by atoms with Gasteiger partial charge in [0, 0.05) is 32.4 Å². The van der Waals surface area contributed by atoms with Gasteiger partial charge in [-0.3, -0.25) is 4.79 Å². The van der Waals surface area contributed by atoms with Crippen LogP contribution in [-0.4, -0.2) is 43.4 Å². The van der Waals surface area contributed by atoms with Gasteiger partial charge in [-0.1, -0.05) is 6.42 Å². The van der Waals surface area contributed by atoms with Gasteiger partial charge in [0.25, 0.3) is 5.91 Å². The van der Waals surface area contributed by atoms with Crippen molar-refractivity contribution in [3.05, 3.63) is 36.2 Å². The van der Waals surface area contributed by atoms with Crippen molar-refractivity contribution in [3.63, 3.8) is 0 Å². The number of hydrogen-bond acceptors (Lipinski definition) is 5. The van der Waals surface area contributed by atoms with E-state index in [1.165, 1.54) is 28.2 Å². The summed E-state index contributed by atoms with van der Waals surface area (Å²) in [7, 11) is -0.443. The van der Waals surface area contributed by atoms with E-state index in [1.54, 1.807) is 25.2 Å². The molecule has 1 aliphatic heterocycles. The van der Waals surface area contributed by atoms with Gasteiger partial charge in [-0.15, -0.1) is 12.4 Å². The van der Waals surface area contributed by atoms with Crippen molar-refractivity contribution in [2.24, 2.45) is 7.05 Å². The summed E-state index contributed by atoms with van der Waals surface area (Å²) in [5.74, 6) is 0.109. The molecule has 1 amide bonds. The van der Waals surface area contributed by atoms with Gasteiger partial charge in [-0.25, -0.2) is 8.42 Å². The highest BCUT2D eigenvalue weighted by Crippen LogP contribution is 2.26. The number of aryl methyl sites for hydroxylation is 1. The number of nitrogens with zero attached hydrogens (tertiary/aromatic N) is 2. The maximum absolute atomic E-state index is 12.8. The van der Waals surface area contributed by atoms with Crippen LogP contribution in [0.2, 0.25) is 0 Å². The average Bonchev–Trinajstić information content (AvgIpc) is 3.07. The summed E-state index contributed by atoms with van der Waals surface area (Å²) in [5.41, 5.74) is 6.92. The van der Waals surface area contributed by atoms with Gasteiger partial charge in [-0.2, -0.15) is 4.31 Å². The Hall–Kier alpha value is -2.23. The van der Waals surface area contributed by atoms with Gasteiger partial charge in [0.05, 0.1) is 18.5 Å². The van der Waals surface area contributed by atoms with Gasteiger partial charge >= 0.3 is 0 Å². The Kier molecular flexibility index (Phi) is 6.97. The number of methoxy groups -OCH3 is 1. The number of amides is 1. The third-order valence-corrected chi connectivity index (χ3v) is 6.54. The van der Waals surface area contributed by atoms with Crippen LogP contribution in [-0.2, 0) is 17.1 Å². The van der Waals surface area contributed by atoms with E-state index in [9.17, 15) is 13.2 Å². The van der Waals surface area contributed by atoms with Crippen LogP contribution in [0.25, 0.3) is 0 Å². The van der Waals surface area contributed by atoms with Crippen LogP contribution in [0.5, 0.6) is 5.75 Å². The van der Waals surface area contributed by atoms with Crippen molar-refractivity contribution in [1.82, 2.24) is 8.87 Å². The average molecular weight is 429 g/mol. The predicted octanol–water partition coefficient (Wildman–Crippen LogP) is 2.46. The molecule has 2 heterocycles. The fourth-order valence-corrected chi connectivity index (χ4v) is 4.70. The lowest BCUT2D eigenvalue weighted by molar-refractivity contribution is 0.101. The Balaban J connectivity index is 0.00000280. The van der Waals surface area contributed by atoms with Crippen LogP contribution >= 0.6 is 12.4 Å². The third-order valence-electron chi connectivity index (χ3n) is 4.67. The van der Waals surface area contributed by atoms with Crippen LogP contribution in [0.4, 0.5) is 11.4 Å². The van der Waals surface area contributed by atoms with E-state index in [1.807, 2.05) is 0 Å². The third kappa shape index (κ3) is 4.43. The summed E-state index contributed by atoms with van der Waals surface area (Å²) in [6.07, 6.45) is 4.22. The first-order valence-electron chi connectivity index (χ1n) is 8.74. The maximum Gasteiger partial charge on any atom is 0.272 e. The number of ether oxygens (including phenoxy) is 1. The maximum atomic E-state index is 12.8. The normalized spacial score (nSPS) is 14.9. The molecule has 8 nitrogen and oxygen atoms in total. The SMILES string of the molecule is COc1ccc(N)c(NC(=O)c2cc(S(=O)(=O)N3CCCCC3)cn2C)c1.Cl. The molecule has 1 aliphatic rings. The van der Waals surface area contributed by atoms with E-state index in [0.717, 1.165) is 19.3 Å². The van der Waals surface area contributed by atoms with Crippen LogP contribution in [0.15, 0.2) is 35.4 Å². The van der Waals surface area contributed by atoms with E-state index < -0.39 is 15.9 Å². The Labute approximate surface area is 171 Å².